The van der Waals surface area contributed by atoms with Crippen molar-refractivity contribution in [3.05, 3.63) is 476 Å². The Hall–Kier alpha value is -16.4. The van der Waals surface area contributed by atoms with Gasteiger partial charge in [0.2, 0.25) is 0 Å². The second kappa shape index (κ2) is 32.5. The zero-order valence-corrected chi connectivity index (χ0v) is 84.6. The van der Waals surface area contributed by atoms with Gasteiger partial charge in [0.15, 0.2) is 0 Å². The second-order valence-corrected chi connectivity index (χ2v) is 44.7. The molecule has 3 aliphatic rings. The van der Waals surface area contributed by atoms with Gasteiger partial charge in [-0.25, -0.2) is 0 Å². The molecule has 145 heavy (non-hydrogen) atoms. The summed E-state index contributed by atoms with van der Waals surface area (Å²) in [5.74, 6) is 0. The van der Waals surface area contributed by atoms with E-state index < -0.39 is 0 Å². The van der Waals surface area contributed by atoms with E-state index in [1.807, 2.05) is 17.4 Å². The molecule has 0 N–H and O–H groups in total. The molecule has 0 unspecified atom stereocenters. The average molecular weight is 1880 g/mol. The third kappa shape index (κ3) is 13.0. The number of nitrogens with zero attached hydrogens (tertiary/aromatic N) is 3. The molecule has 3 heterocycles. The minimum Gasteiger partial charge on any atom is -0.456 e. The molecule has 29 rings (SSSR count). The first-order valence-corrected chi connectivity index (χ1v) is 52.1. The summed E-state index contributed by atoms with van der Waals surface area (Å²) in [6.07, 6.45) is 0. The van der Waals surface area contributed by atoms with Crippen LogP contribution in [0.5, 0.6) is 0 Å². The molecule has 0 saturated carbocycles. The van der Waals surface area contributed by atoms with Crippen LogP contribution < -0.4 is 9.80 Å². The molecular formula is C140H109N3OS. The summed E-state index contributed by atoms with van der Waals surface area (Å²) in [4.78, 5) is 4.91. The number of thiophene rings is 1. The monoisotopic (exact) mass is 1880 g/mol. The molecule has 3 aliphatic carbocycles. The van der Waals surface area contributed by atoms with E-state index in [-0.39, 0.29) is 32.5 Å². The van der Waals surface area contributed by atoms with Crippen molar-refractivity contribution in [3.8, 4) is 50.2 Å². The van der Waals surface area contributed by atoms with Gasteiger partial charge < -0.3 is 18.8 Å². The standard InChI is InChI=1S/C48H37NO.C48H37NS.C44H35N/c1-47(2)40-18-12-19-41(49(32-14-6-5-7-15-32)33-24-28-37-36-17-10-11-20-42(36)50-43(37)29-33)45(40)39-27-23-31-22-25-35-34-16-9-8-13-30(34)21-26-38(35)44(31)46(39)48(47,3)4;1-47(2)40-18-12-19-41(49(32-14-6-5-7-15-32)33-24-28-43-39(29-33)36-17-10-11-20-42(36)50-43)45(40)38-27-23-31-22-25-35-34-16-9-8-13-30(34)21-26-37(35)44(31)46(38)48(47,3)4;1-43(2)38-27-26-33-31-13-6-5-12-28(31)22-25-36(33)41(38)37-17-11-16-32(42(37)44(43,3)4)29-20-23-30(24-21-29)45-39-18-9-7-14-34(39)35-15-8-10-19-40(35)45/h2*5-29H,1-4H3;5-27H,1-4H3. The second-order valence-electron chi connectivity index (χ2n) is 43.6. The van der Waals surface area contributed by atoms with E-state index in [9.17, 15) is 0 Å². The lowest BCUT2D eigenvalue weighted by molar-refractivity contribution is 0.300. The topological polar surface area (TPSA) is 24.6 Å². The summed E-state index contributed by atoms with van der Waals surface area (Å²) in [6.45, 7) is 29.4. The fraction of sp³-hybridized carbons (Fsp3) is 0.129. The van der Waals surface area contributed by atoms with Gasteiger partial charge in [-0.2, -0.15) is 0 Å². The van der Waals surface area contributed by atoms with Crippen LogP contribution in [0.15, 0.2) is 447 Å². The predicted octanol–water partition coefficient (Wildman–Crippen LogP) is 40.0. The van der Waals surface area contributed by atoms with Crippen molar-refractivity contribution in [3.63, 3.8) is 0 Å². The molecule has 0 amide bonds. The maximum absolute atomic E-state index is 6.44. The van der Waals surface area contributed by atoms with E-state index in [2.05, 4.69) is 534 Å². The first kappa shape index (κ1) is 87.6. The molecule has 0 spiro atoms. The van der Waals surface area contributed by atoms with Crippen LogP contribution in [-0.2, 0) is 32.5 Å². The number of aromatic nitrogens is 1. The van der Waals surface area contributed by atoms with Gasteiger partial charge in [-0.3, -0.25) is 0 Å². The van der Waals surface area contributed by atoms with Crippen molar-refractivity contribution < 1.29 is 4.42 Å². The van der Waals surface area contributed by atoms with Gasteiger partial charge >= 0.3 is 0 Å². The smallest absolute Gasteiger partial charge is 0.137 e. The van der Waals surface area contributed by atoms with Gasteiger partial charge in [-0.1, -0.05) is 417 Å². The lowest BCUT2D eigenvalue weighted by atomic mass is 9.54. The van der Waals surface area contributed by atoms with Gasteiger partial charge in [0.1, 0.15) is 11.2 Å². The Morgan fingerprint density at radius 2 is 0.593 bits per heavy atom. The molecule has 0 atom stereocenters. The first-order chi connectivity index (χ1) is 70.5. The van der Waals surface area contributed by atoms with Crippen molar-refractivity contribution in [2.45, 2.75) is 116 Å². The minimum absolute atomic E-state index is 0.0752. The number of para-hydroxylation sites is 5. The summed E-state index contributed by atoms with van der Waals surface area (Å²) < 4.78 is 11.5. The quantitative estimate of drug-likeness (QED) is 0.142. The summed E-state index contributed by atoms with van der Waals surface area (Å²) in [6, 6.07) is 164. The highest BCUT2D eigenvalue weighted by Crippen LogP contribution is 2.64. The molecule has 0 bridgehead atoms. The fourth-order valence-electron chi connectivity index (χ4n) is 25.8. The van der Waals surface area contributed by atoms with Crippen molar-refractivity contribution in [1.82, 2.24) is 4.57 Å². The molecule has 5 heteroatoms. The largest absolute Gasteiger partial charge is 0.456 e. The Kier molecular flexibility index (Phi) is 19.7. The third-order valence-electron chi connectivity index (χ3n) is 35.0. The average Bonchev–Trinajstić information content (AvgIpc) is 1.64. The van der Waals surface area contributed by atoms with Gasteiger partial charge in [-0.15, -0.1) is 11.3 Å². The van der Waals surface area contributed by atoms with Gasteiger partial charge in [0, 0.05) is 104 Å². The van der Waals surface area contributed by atoms with Crippen molar-refractivity contribution in [1.29, 1.82) is 0 Å². The van der Waals surface area contributed by atoms with E-state index >= 15 is 0 Å². The number of hydrogen-bond acceptors (Lipinski definition) is 4. The minimum atomic E-state index is -0.177. The van der Waals surface area contributed by atoms with Crippen LogP contribution in [0.4, 0.5) is 34.1 Å². The van der Waals surface area contributed by atoms with E-state index in [0.717, 1.165) is 39.0 Å². The molecule has 696 valence electrons. The van der Waals surface area contributed by atoms with Crippen molar-refractivity contribution >= 4 is 196 Å². The fourth-order valence-corrected chi connectivity index (χ4v) is 26.9. The lowest BCUT2D eigenvalue weighted by Crippen LogP contribution is -2.44. The van der Waals surface area contributed by atoms with E-state index in [4.69, 9.17) is 4.42 Å². The van der Waals surface area contributed by atoms with Crippen LogP contribution in [0.25, 0.3) is 200 Å². The first-order valence-electron chi connectivity index (χ1n) is 51.3. The van der Waals surface area contributed by atoms with Gasteiger partial charge in [-0.05, 0) is 272 Å². The Morgan fingerprint density at radius 3 is 1.14 bits per heavy atom. The van der Waals surface area contributed by atoms with Crippen LogP contribution in [0.3, 0.4) is 0 Å². The molecule has 0 fully saturated rings. The van der Waals surface area contributed by atoms with Gasteiger partial charge in [0.25, 0.3) is 0 Å². The maximum Gasteiger partial charge on any atom is 0.137 e. The Balaban J connectivity index is 0.000000108. The van der Waals surface area contributed by atoms with Crippen LogP contribution in [0.1, 0.15) is 116 Å². The highest BCUT2D eigenvalue weighted by Gasteiger charge is 2.52. The molecule has 0 saturated heterocycles. The Bertz CT molecular complexity index is 9850. The number of rotatable bonds is 8. The summed E-state index contributed by atoms with van der Waals surface area (Å²) in [5.41, 5.74) is 30.6. The SMILES string of the molecule is CC1(C)c2ccc3c(ccc4ccccc43)c2-c2cccc(-c3ccc(-n4c5ccccc5c5ccccc54)cc3)c2C1(C)C.CC1(C)c2cccc(N(c3ccccc3)c3ccc4c(c3)oc3ccccc34)c2-c2ccc3ccc4c5ccccc5ccc4c3c2C1(C)C.CC1(C)c2cccc(N(c3ccccc3)c3ccc4sc5ccccc5c4c3)c2-c2ccc3ccc4c5ccccc5ccc4c3c2C1(C)C. The van der Waals surface area contributed by atoms with Crippen molar-refractivity contribution in [2.24, 2.45) is 0 Å². The summed E-state index contributed by atoms with van der Waals surface area (Å²) in [5, 5.41) is 28.5. The van der Waals surface area contributed by atoms with Crippen LogP contribution in [0, 0.1) is 0 Å². The molecule has 4 nitrogen and oxygen atoms in total. The Labute approximate surface area is 850 Å². The highest BCUT2D eigenvalue weighted by molar-refractivity contribution is 7.25. The number of fused-ring (bicyclic) bond motifs is 34. The van der Waals surface area contributed by atoms with Crippen LogP contribution >= 0.6 is 11.3 Å². The maximum atomic E-state index is 6.44. The number of anilines is 6. The number of benzene rings is 23. The molecule has 0 aliphatic heterocycles. The van der Waals surface area contributed by atoms with E-state index in [1.165, 1.54) is 229 Å². The van der Waals surface area contributed by atoms with Crippen LogP contribution in [0.2, 0.25) is 0 Å². The number of hydrogen-bond donors (Lipinski definition) is 0. The third-order valence-corrected chi connectivity index (χ3v) is 36.2. The molecule has 26 aromatic rings. The van der Waals surface area contributed by atoms with Crippen molar-refractivity contribution in [2.75, 3.05) is 9.80 Å². The normalized spacial score (nSPS) is 14.8. The van der Waals surface area contributed by atoms with Gasteiger partial charge in [0.05, 0.1) is 22.4 Å². The molecule has 23 aromatic carbocycles. The molecular weight excluding hydrogens is 1770 g/mol. The van der Waals surface area contributed by atoms with Crippen LogP contribution in [-0.4, -0.2) is 4.57 Å². The predicted molar refractivity (Wildman–Crippen MR) is 623 cm³/mol. The molecule has 0 radical (unpaired) electrons. The lowest BCUT2D eigenvalue weighted by Gasteiger charge is -2.50. The molecule has 3 aromatic heterocycles. The zero-order valence-electron chi connectivity index (χ0n) is 83.8. The highest BCUT2D eigenvalue weighted by atomic mass is 32.1. The Morgan fingerprint density at radius 1 is 0.214 bits per heavy atom. The van der Waals surface area contributed by atoms with E-state index in [1.54, 1.807) is 0 Å². The summed E-state index contributed by atoms with van der Waals surface area (Å²) >= 11 is 1.87. The summed E-state index contributed by atoms with van der Waals surface area (Å²) in [7, 11) is 0. The number of furan rings is 1. The zero-order chi connectivity index (χ0) is 98.1. The van der Waals surface area contributed by atoms with E-state index in [0.29, 0.717) is 0 Å².